The Labute approximate surface area is 199 Å². The van der Waals surface area contributed by atoms with E-state index in [1.807, 2.05) is 5.32 Å². The Morgan fingerprint density at radius 3 is 2.28 bits per heavy atom. The zero-order valence-corrected chi connectivity index (χ0v) is 18.9. The number of hydrogen-bond donors (Lipinski definition) is 4. The third-order valence-corrected chi connectivity index (χ3v) is 4.66. The van der Waals surface area contributed by atoms with Gasteiger partial charge in [-0.3, -0.25) is 14.9 Å². The van der Waals surface area contributed by atoms with Crippen LogP contribution in [0, 0.1) is 19.7 Å². The Balaban J connectivity index is 0.000000678. The Morgan fingerprint density at radius 2 is 1.75 bits per heavy atom. The number of phenols is 1. The quantitative estimate of drug-likeness (QED) is 0.355. The van der Waals surface area contributed by atoms with E-state index in [1.165, 1.54) is 13.1 Å². The van der Waals surface area contributed by atoms with E-state index in [9.17, 15) is 45.7 Å². The van der Waals surface area contributed by atoms with Crippen molar-refractivity contribution < 1.29 is 45.7 Å². The molecule has 36 heavy (non-hydrogen) atoms. The van der Waals surface area contributed by atoms with Crippen molar-refractivity contribution in [1.29, 1.82) is 0 Å². The molecule has 4 N–H and O–H groups in total. The first-order chi connectivity index (χ1) is 16.6. The van der Waals surface area contributed by atoms with E-state index < -0.39 is 59.8 Å². The summed E-state index contributed by atoms with van der Waals surface area (Å²) in [6.45, 7) is 3.50. The number of anilines is 1. The largest absolute Gasteiger partial charge is 0.507 e. The van der Waals surface area contributed by atoms with Crippen LogP contribution in [0.1, 0.15) is 46.5 Å². The number of aliphatic hydroxyl groups excluding tert-OH is 1. The molecule has 2 aromatic heterocycles. The lowest BCUT2D eigenvalue weighted by atomic mass is 10.1. The summed E-state index contributed by atoms with van der Waals surface area (Å²) in [5, 5.41) is 26.7. The summed E-state index contributed by atoms with van der Waals surface area (Å²) >= 11 is 0. The van der Waals surface area contributed by atoms with Crippen molar-refractivity contribution >= 4 is 11.6 Å². The SMILES string of the molecule is CCC(F)(F)F.Cc1ncc(-c2cc(O)c(C(=O)Nc3c(C(F)(F)F)n[nH]c3C)cc2F)nc1CO. The average Bonchev–Trinajstić information content (AvgIpc) is 3.16. The molecule has 0 saturated carbocycles. The summed E-state index contributed by atoms with van der Waals surface area (Å²) in [5.41, 5.74) is -2.23. The lowest BCUT2D eigenvalue weighted by Crippen LogP contribution is -2.17. The second kappa shape index (κ2) is 10.9. The lowest BCUT2D eigenvalue weighted by Gasteiger charge is -2.12. The number of amides is 1. The number of H-pyrrole nitrogens is 1. The number of carbonyl (C=O) groups is 1. The van der Waals surface area contributed by atoms with Gasteiger partial charge >= 0.3 is 12.4 Å². The normalized spacial score (nSPS) is 11.6. The predicted octanol–water partition coefficient (Wildman–Crippen LogP) is 5.05. The molecule has 0 fully saturated rings. The fourth-order valence-corrected chi connectivity index (χ4v) is 2.68. The monoisotopic (exact) mass is 523 g/mol. The third kappa shape index (κ3) is 6.90. The van der Waals surface area contributed by atoms with Gasteiger partial charge in [-0.05, 0) is 26.0 Å². The maximum Gasteiger partial charge on any atom is 0.437 e. The summed E-state index contributed by atoms with van der Waals surface area (Å²) in [6, 6.07) is 1.57. The van der Waals surface area contributed by atoms with Crippen molar-refractivity contribution in [3.05, 3.63) is 52.5 Å². The van der Waals surface area contributed by atoms with Gasteiger partial charge in [0.05, 0.1) is 46.8 Å². The molecule has 196 valence electrons. The second-order valence-electron chi connectivity index (χ2n) is 7.29. The number of aromatic nitrogens is 4. The lowest BCUT2D eigenvalue weighted by molar-refractivity contribution is -0.140. The zero-order valence-electron chi connectivity index (χ0n) is 18.9. The van der Waals surface area contributed by atoms with Crippen molar-refractivity contribution in [3.63, 3.8) is 0 Å². The molecule has 3 rings (SSSR count). The van der Waals surface area contributed by atoms with Crippen LogP contribution < -0.4 is 5.32 Å². The summed E-state index contributed by atoms with van der Waals surface area (Å²) in [7, 11) is 0. The number of aryl methyl sites for hydroxylation is 2. The van der Waals surface area contributed by atoms with E-state index in [2.05, 4.69) is 20.2 Å². The standard InChI is InChI=1S/C18H15F4N5O3.C3H5F3/c1-7-13(6-28)24-12(5-23-7)9-4-14(29)10(3-11(9)19)17(30)25-15-8(2)26-27-16(15)18(20,21)22;1-2-3(4,5)6/h3-5,28-29H,6H2,1-2H3,(H,25,30)(H,26,27);2H2,1H3. The van der Waals surface area contributed by atoms with Crippen molar-refractivity contribution in [2.45, 2.75) is 46.2 Å². The number of rotatable bonds is 4. The molecule has 0 aliphatic rings. The molecule has 0 spiro atoms. The molecule has 0 aliphatic heterocycles. The maximum absolute atomic E-state index is 14.6. The number of halogens is 7. The van der Waals surface area contributed by atoms with Crippen LogP contribution in [-0.4, -0.2) is 42.5 Å². The highest BCUT2D eigenvalue weighted by molar-refractivity contribution is 6.07. The third-order valence-electron chi connectivity index (χ3n) is 4.66. The van der Waals surface area contributed by atoms with E-state index in [1.54, 1.807) is 6.92 Å². The number of aliphatic hydroxyl groups is 1. The van der Waals surface area contributed by atoms with Crippen LogP contribution in [0.3, 0.4) is 0 Å². The fourth-order valence-electron chi connectivity index (χ4n) is 2.68. The van der Waals surface area contributed by atoms with Gasteiger partial charge in [0.15, 0.2) is 5.69 Å². The number of aromatic hydroxyl groups is 1. The minimum Gasteiger partial charge on any atom is -0.507 e. The number of alkyl halides is 6. The van der Waals surface area contributed by atoms with E-state index in [0.717, 1.165) is 13.0 Å². The smallest absolute Gasteiger partial charge is 0.437 e. The van der Waals surface area contributed by atoms with Gasteiger partial charge in [0.2, 0.25) is 0 Å². The number of hydrogen-bond acceptors (Lipinski definition) is 6. The Hall–Kier alpha value is -3.75. The van der Waals surface area contributed by atoms with E-state index >= 15 is 0 Å². The summed E-state index contributed by atoms with van der Waals surface area (Å²) < 4.78 is 86.0. The van der Waals surface area contributed by atoms with E-state index in [-0.39, 0.29) is 22.6 Å². The number of nitrogens with one attached hydrogen (secondary N) is 2. The van der Waals surface area contributed by atoms with Crippen LogP contribution >= 0.6 is 0 Å². The Morgan fingerprint density at radius 1 is 1.14 bits per heavy atom. The molecule has 0 atom stereocenters. The van der Waals surface area contributed by atoms with Crippen LogP contribution in [-0.2, 0) is 12.8 Å². The topological polar surface area (TPSA) is 124 Å². The second-order valence-corrected chi connectivity index (χ2v) is 7.29. The summed E-state index contributed by atoms with van der Waals surface area (Å²) in [4.78, 5) is 20.4. The number of benzene rings is 1. The van der Waals surface area contributed by atoms with Gasteiger partial charge in [-0.15, -0.1) is 0 Å². The van der Waals surface area contributed by atoms with Crippen molar-refractivity contribution in [3.8, 4) is 17.0 Å². The molecule has 8 nitrogen and oxygen atoms in total. The van der Waals surface area contributed by atoms with Crippen LogP contribution in [0.15, 0.2) is 18.3 Å². The molecule has 0 radical (unpaired) electrons. The Bertz CT molecular complexity index is 1240. The summed E-state index contributed by atoms with van der Waals surface area (Å²) in [6.07, 6.45) is -8.30. The highest BCUT2D eigenvalue weighted by atomic mass is 19.4. The Kier molecular flexibility index (Phi) is 8.62. The molecule has 0 aliphatic carbocycles. The molecule has 15 heteroatoms. The van der Waals surface area contributed by atoms with Gasteiger partial charge in [0, 0.05) is 12.0 Å². The number of aromatic amines is 1. The first-order valence-electron chi connectivity index (χ1n) is 10.1. The minimum atomic E-state index is -4.83. The van der Waals surface area contributed by atoms with E-state index in [0.29, 0.717) is 11.8 Å². The van der Waals surface area contributed by atoms with Gasteiger partial charge in [0.25, 0.3) is 5.91 Å². The minimum absolute atomic E-state index is 0.00514. The van der Waals surface area contributed by atoms with Gasteiger partial charge in [-0.25, -0.2) is 9.37 Å². The molecule has 2 heterocycles. The molecular weight excluding hydrogens is 503 g/mol. The van der Waals surface area contributed by atoms with Crippen molar-refractivity contribution in [2.75, 3.05) is 5.32 Å². The van der Waals surface area contributed by atoms with Gasteiger partial charge in [-0.2, -0.15) is 31.4 Å². The fraction of sp³-hybridized carbons (Fsp3) is 0.333. The van der Waals surface area contributed by atoms with Gasteiger partial charge < -0.3 is 15.5 Å². The first kappa shape index (κ1) is 28.5. The predicted molar refractivity (Wildman–Crippen MR) is 112 cm³/mol. The van der Waals surface area contributed by atoms with Crippen LogP contribution in [0.4, 0.5) is 36.4 Å². The van der Waals surface area contributed by atoms with Gasteiger partial charge in [0.1, 0.15) is 11.6 Å². The molecular formula is C21H20F7N5O3. The van der Waals surface area contributed by atoms with Crippen LogP contribution in [0.25, 0.3) is 11.3 Å². The van der Waals surface area contributed by atoms with Crippen molar-refractivity contribution in [2.24, 2.45) is 0 Å². The zero-order chi connectivity index (χ0) is 27.4. The molecule has 3 aromatic rings. The van der Waals surface area contributed by atoms with E-state index in [4.69, 9.17) is 0 Å². The number of nitrogens with zero attached hydrogens (tertiary/aromatic N) is 3. The molecule has 0 bridgehead atoms. The summed E-state index contributed by atoms with van der Waals surface area (Å²) in [5.74, 6) is -2.83. The molecule has 0 unspecified atom stereocenters. The number of phenolic OH excluding ortho intramolecular Hbond substituents is 1. The van der Waals surface area contributed by atoms with Crippen LogP contribution in [0.5, 0.6) is 5.75 Å². The van der Waals surface area contributed by atoms with Crippen molar-refractivity contribution in [1.82, 2.24) is 20.2 Å². The highest BCUT2D eigenvalue weighted by Gasteiger charge is 2.38. The van der Waals surface area contributed by atoms with Gasteiger partial charge in [-0.1, -0.05) is 6.92 Å². The van der Waals surface area contributed by atoms with Crippen LogP contribution in [0.2, 0.25) is 0 Å². The molecule has 0 saturated heterocycles. The molecule has 1 aromatic carbocycles. The first-order valence-corrected chi connectivity index (χ1v) is 10.1. The molecule has 1 amide bonds. The average molecular weight is 523 g/mol. The maximum atomic E-state index is 14.6. The number of carbonyl (C=O) groups excluding carboxylic acids is 1. The highest BCUT2D eigenvalue weighted by Crippen LogP contribution is 2.36.